The van der Waals surface area contributed by atoms with Gasteiger partial charge in [0, 0.05) is 12.1 Å². The smallest absolute Gasteiger partial charge is 0.260 e. The Morgan fingerprint density at radius 2 is 2.00 bits per heavy atom. The molecule has 106 valence electrons. The minimum Gasteiger partial charge on any atom is -0.495 e. The quantitative estimate of drug-likeness (QED) is 0.939. The summed E-state index contributed by atoms with van der Waals surface area (Å²) in [6.45, 7) is 1.65. The maximum atomic E-state index is 12.1. The Morgan fingerprint density at radius 1 is 1.30 bits per heavy atom. The van der Waals surface area contributed by atoms with Gasteiger partial charge in [0.2, 0.25) is 0 Å². The number of carbonyl (C=O) groups is 1. The average Bonchev–Trinajstić information content (AvgIpc) is 2.86. The highest BCUT2D eigenvalue weighted by Gasteiger charge is 2.17. The van der Waals surface area contributed by atoms with Crippen molar-refractivity contribution >= 4 is 23.2 Å². The number of hydrogen-bond acceptors (Lipinski definition) is 5. The first kappa shape index (κ1) is 14.2. The lowest BCUT2D eigenvalue weighted by molar-refractivity contribution is 0.102. The summed E-state index contributed by atoms with van der Waals surface area (Å²) >= 11 is 6.00. The Balaban J connectivity index is 2.33. The highest BCUT2D eigenvalue weighted by molar-refractivity contribution is 6.32. The lowest BCUT2D eigenvalue weighted by Crippen LogP contribution is -2.13. The molecule has 0 saturated carbocycles. The third kappa shape index (κ3) is 2.70. The second-order valence-corrected chi connectivity index (χ2v) is 4.34. The van der Waals surface area contributed by atoms with Crippen molar-refractivity contribution in [2.24, 2.45) is 0 Å². The summed E-state index contributed by atoms with van der Waals surface area (Å²) in [5.74, 6) is 0.942. The van der Waals surface area contributed by atoms with Crippen molar-refractivity contribution in [1.82, 2.24) is 5.16 Å². The summed E-state index contributed by atoms with van der Waals surface area (Å²) in [6, 6.07) is 3.15. The van der Waals surface area contributed by atoms with Crippen molar-refractivity contribution in [2.45, 2.75) is 6.92 Å². The van der Waals surface area contributed by atoms with Crippen molar-refractivity contribution < 1.29 is 18.8 Å². The largest absolute Gasteiger partial charge is 0.495 e. The fourth-order valence-electron chi connectivity index (χ4n) is 1.66. The van der Waals surface area contributed by atoms with Crippen molar-refractivity contribution in [2.75, 3.05) is 19.5 Å². The molecule has 2 aromatic rings. The lowest BCUT2D eigenvalue weighted by Gasteiger charge is -2.12. The fraction of sp³-hybridized carbons (Fsp3) is 0.231. The standard InChI is InChI=1S/C13H13ClN2O4/c1-7-8(6-15-20-7)13(17)16-10-5-11(18-2)9(14)4-12(10)19-3/h4-6H,1-3H3,(H,16,17). The number of hydrogen-bond donors (Lipinski definition) is 1. The number of benzene rings is 1. The van der Waals surface area contributed by atoms with E-state index < -0.39 is 0 Å². The third-order valence-electron chi connectivity index (χ3n) is 2.72. The third-order valence-corrected chi connectivity index (χ3v) is 3.01. The molecule has 0 radical (unpaired) electrons. The zero-order valence-corrected chi connectivity index (χ0v) is 11.9. The van der Waals surface area contributed by atoms with Crippen molar-refractivity contribution in [3.05, 3.63) is 34.7 Å². The number of carbonyl (C=O) groups excluding carboxylic acids is 1. The first-order valence-corrected chi connectivity index (χ1v) is 6.08. The highest BCUT2D eigenvalue weighted by atomic mass is 35.5. The summed E-state index contributed by atoms with van der Waals surface area (Å²) in [4.78, 5) is 12.1. The molecule has 2 rings (SSSR count). The number of anilines is 1. The first-order valence-electron chi connectivity index (χ1n) is 5.71. The second-order valence-electron chi connectivity index (χ2n) is 3.94. The van der Waals surface area contributed by atoms with E-state index in [1.165, 1.54) is 20.4 Å². The molecule has 0 spiro atoms. The lowest BCUT2D eigenvalue weighted by atomic mass is 10.2. The topological polar surface area (TPSA) is 73.6 Å². The van der Waals surface area contributed by atoms with Crippen LogP contribution in [-0.2, 0) is 0 Å². The van der Waals surface area contributed by atoms with Crippen LogP contribution in [0, 0.1) is 6.92 Å². The van der Waals surface area contributed by atoms with Gasteiger partial charge in [0.15, 0.2) is 0 Å². The van der Waals surface area contributed by atoms with Crippen LogP contribution in [-0.4, -0.2) is 25.3 Å². The average molecular weight is 297 g/mol. The maximum absolute atomic E-state index is 12.1. The number of aryl methyl sites for hydroxylation is 1. The molecule has 0 atom stereocenters. The predicted octanol–water partition coefficient (Wildman–Crippen LogP) is 2.91. The van der Waals surface area contributed by atoms with Crippen LogP contribution >= 0.6 is 11.6 Å². The van der Waals surface area contributed by atoms with E-state index in [2.05, 4.69) is 10.5 Å². The Morgan fingerprint density at radius 3 is 2.55 bits per heavy atom. The Labute approximate surface area is 120 Å². The molecule has 20 heavy (non-hydrogen) atoms. The van der Waals surface area contributed by atoms with Gasteiger partial charge in [0.05, 0.1) is 31.1 Å². The van der Waals surface area contributed by atoms with E-state index >= 15 is 0 Å². The first-order chi connectivity index (χ1) is 9.56. The molecule has 0 saturated heterocycles. The number of rotatable bonds is 4. The van der Waals surface area contributed by atoms with Crippen LogP contribution < -0.4 is 14.8 Å². The molecule has 0 aliphatic rings. The summed E-state index contributed by atoms with van der Waals surface area (Å²) in [7, 11) is 2.97. The predicted molar refractivity (Wildman–Crippen MR) is 73.7 cm³/mol. The molecule has 1 heterocycles. The van der Waals surface area contributed by atoms with Gasteiger partial charge < -0.3 is 19.3 Å². The number of methoxy groups -OCH3 is 2. The molecule has 6 nitrogen and oxygen atoms in total. The van der Waals surface area contributed by atoms with Crippen LogP contribution in [0.25, 0.3) is 0 Å². The summed E-state index contributed by atoms with van der Waals surface area (Å²) < 4.78 is 15.1. The Bertz CT molecular complexity index is 639. The van der Waals surface area contributed by atoms with Gasteiger partial charge in [0.1, 0.15) is 22.8 Å². The number of nitrogens with one attached hydrogen (secondary N) is 1. The van der Waals surface area contributed by atoms with Gasteiger partial charge in [-0.3, -0.25) is 4.79 Å². The van der Waals surface area contributed by atoms with Gasteiger partial charge >= 0.3 is 0 Å². The second kappa shape index (κ2) is 5.83. The fourth-order valence-corrected chi connectivity index (χ4v) is 1.90. The number of amides is 1. The van der Waals surface area contributed by atoms with Gasteiger partial charge in [-0.25, -0.2) is 0 Å². The van der Waals surface area contributed by atoms with Gasteiger partial charge in [0.25, 0.3) is 5.91 Å². The molecule has 0 aliphatic carbocycles. The van der Waals surface area contributed by atoms with Gasteiger partial charge in [-0.1, -0.05) is 16.8 Å². The molecule has 0 bridgehead atoms. The molecule has 0 fully saturated rings. The van der Waals surface area contributed by atoms with E-state index in [0.717, 1.165) is 0 Å². The highest BCUT2D eigenvalue weighted by Crippen LogP contribution is 2.36. The molecule has 1 aromatic heterocycles. The Kier molecular flexibility index (Phi) is 4.14. The summed E-state index contributed by atoms with van der Waals surface area (Å²) in [5.41, 5.74) is 0.792. The maximum Gasteiger partial charge on any atom is 0.260 e. The molecule has 1 N–H and O–H groups in total. The number of nitrogens with zero attached hydrogens (tertiary/aromatic N) is 1. The van der Waals surface area contributed by atoms with Gasteiger partial charge in [-0.05, 0) is 6.92 Å². The summed E-state index contributed by atoms with van der Waals surface area (Å²) in [5, 5.41) is 6.66. The van der Waals surface area contributed by atoms with Crippen molar-refractivity contribution in [3.8, 4) is 11.5 Å². The molecule has 7 heteroatoms. The normalized spacial score (nSPS) is 10.2. The van der Waals surface area contributed by atoms with Crippen LogP contribution in [0.1, 0.15) is 16.1 Å². The van der Waals surface area contributed by atoms with Crippen LogP contribution in [0.4, 0.5) is 5.69 Å². The van der Waals surface area contributed by atoms with Gasteiger partial charge in [-0.2, -0.15) is 0 Å². The molecular formula is C13H13ClN2O4. The molecule has 1 amide bonds. The number of aromatic nitrogens is 1. The minimum atomic E-state index is -0.355. The van der Waals surface area contributed by atoms with Crippen LogP contribution in [0.15, 0.2) is 22.9 Å². The zero-order valence-electron chi connectivity index (χ0n) is 11.2. The number of halogens is 1. The van der Waals surface area contributed by atoms with Crippen LogP contribution in [0.3, 0.4) is 0 Å². The monoisotopic (exact) mass is 296 g/mol. The molecular weight excluding hydrogens is 284 g/mol. The molecule has 1 aromatic carbocycles. The van der Waals surface area contributed by atoms with E-state index in [4.69, 9.17) is 25.6 Å². The molecule has 0 unspecified atom stereocenters. The van der Waals surface area contributed by atoms with E-state index in [1.54, 1.807) is 19.1 Å². The van der Waals surface area contributed by atoms with E-state index in [-0.39, 0.29) is 5.91 Å². The van der Waals surface area contributed by atoms with E-state index in [9.17, 15) is 4.79 Å². The van der Waals surface area contributed by atoms with Crippen LogP contribution in [0.2, 0.25) is 5.02 Å². The van der Waals surface area contributed by atoms with Crippen molar-refractivity contribution in [1.29, 1.82) is 0 Å². The zero-order chi connectivity index (χ0) is 14.7. The van der Waals surface area contributed by atoms with E-state index in [0.29, 0.717) is 33.5 Å². The van der Waals surface area contributed by atoms with Gasteiger partial charge in [-0.15, -0.1) is 0 Å². The number of ether oxygens (including phenoxy) is 2. The van der Waals surface area contributed by atoms with Crippen molar-refractivity contribution in [3.63, 3.8) is 0 Å². The van der Waals surface area contributed by atoms with E-state index in [1.807, 2.05) is 0 Å². The molecule has 0 aliphatic heterocycles. The van der Waals surface area contributed by atoms with Crippen LogP contribution in [0.5, 0.6) is 11.5 Å². The minimum absolute atomic E-state index is 0.348. The SMILES string of the molecule is COc1cc(NC(=O)c2cnoc2C)c(OC)cc1Cl. The summed E-state index contributed by atoms with van der Waals surface area (Å²) in [6.07, 6.45) is 1.35. The Hall–Kier alpha value is -2.21.